The number of aryl methyl sites for hydroxylation is 2. The Morgan fingerprint density at radius 2 is 0.897 bits per heavy atom. The van der Waals surface area contributed by atoms with Gasteiger partial charge in [-0.3, -0.25) is 0 Å². The van der Waals surface area contributed by atoms with E-state index < -0.39 is 0 Å². The van der Waals surface area contributed by atoms with E-state index in [0.29, 0.717) is 22.7 Å². The Morgan fingerprint density at radius 3 is 1.17 bits per heavy atom. The molecular weight excluding hydrogens is 350 g/mol. The topological polar surface area (TPSA) is 12.0 Å². The van der Waals surface area contributed by atoms with Crippen LogP contribution in [0, 0.1) is 22.7 Å². The van der Waals surface area contributed by atoms with E-state index in [-0.39, 0.29) is 0 Å². The molecule has 0 unspecified atom stereocenters. The van der Waals surface area contributed by atoms with Gasteiger partial charge in [0.2, 0.25) is 0 Å². The molecule has 0 aliphatic heterocycles. The van der Waals surface area contributed by atoms with Crippen LogP contribution in [0.4, 0.5) is 11.4 Å². The standard InChI is InChI=1S/C28H43N/c1-21(2)27(5,6)19-17-23-9-13-25(14-10-23)29-26-15-11-24(12-16-26)18-20-28(7,8)22(3)4/h9-16,21-22,29H,17-20H2,1-8H3. The summed E-state index contributed by atoms with van der Waals surface area (Å²) in [5.41, 5.74) is 5.95. The highest BCUT2D eigenvalue weighted by molar-refractivity contribution is 5.60. The number of hydrogen-bond donors (Lipinski definition) is 1. The number of rotatable bonds is 10. The summed E-state index contributed by atoms with van der Waals surface area (Å²) in [7, 11) is 0. The zero-order valence-corrected chi connectivity index (χ0v) is 20.1. The van der Waals surface area contributed by atoms with Crippen LogP contribution in [-0.2, 0) is 12.8 Å². The average Bonchev–Trinajstić information content (AvgIpc) is 2.67. The maximum atomic E-state index is 3.54. The molecule has 2 aromatic rings. The molecule has 0 spiro atoms. The van der Waals surface area contributed by atoms with Crippen molar-refractivity contribution in [3.8, 4) is 0 Å². The molecule has 0 fully saturated rings. The fraction of sp³-hybridized carbons (Fsp3) is 0.571. The van der Waals surface area contributed by atoms with Crippen molar-refractivity contribution in [1.29, 1.82) is 0 Å². The van der Waals surface area contributed by atoms with E-state index >= 15 is 0 Å². The Morgan fingerprint density at radius 1 is 0.586 bits per heavy atom. The maximum Gasteiger partial charge on any atom is 0.0384 e. The third kappa shape index (κ3) is 7.21. The van der Waals surface area contributed by atoms with Crippen LogP contribution in [0.25, 0.3) is 0 Å². The zero-order chi connectivity index (χ0) is 21.7. The molecule has 0 heterocycles. The molecule has 0 radical (unpaired) electrons. The van der Waals surface area contributed by atoms with Crippen molar-refractivity contribution < 1.29 is 0 Å². The van der Waals surface area contributed by atoms with Crippen LogP contribution >= 0.6 is 0 Å². The summed E-state index contributed by atoms with van der Waals surface area (Å²) in [6.45, 7) is 18.8. The molecule has 0 bridgehead atoms. The second-order valence-corrected chi connectivity index (χ2v) is 10.8. The maximum absolute atomic E-state index is 3.54. The van der Waals surface area contributed by atoms with E-state index in [9.17, 15) is 0 Å². The van der Waals surface area contributed by atoms with Gasteiger partial charge in [0.25, 0.3) is 0 Å². The molecule has 29 heavy (non-hydrogen) atoms. The van der Waals surface area contributed by atoms with Gasteiger partial charge in [0.15, 0.2) is 0 Å². The van der Waals surface area contributed by atoms with Crippen LogP contribution in [0.3, 0.4) is 0 Å². The van der Waals surface area contributed by atoms with Gasteiger partial charge in [-0.15, -0.1) is 0 Å². The predicted octanol–water partition coefficient (Wildman–Crippen LogP) is 8.66. The quantitative estimate of drug-likeness (QED) is 0.426. The first-order valence-electron chi connectivity index (χ1n) is 11.4. The first-order chi connectivity index (χ1) is 13.5. The van der Waals surface area contributed by atoms with E-state index in [1.54, 1.807) is 0 Å². The lowest BCUT2D eigenvalue weighted by Gasteiger charge is -2.29. The minimum absolute atomic E-state index is 0.392. The number of nitrogens with one attached hydrogen (secondary N) is 1. The molecule has 2 rings (SSSR count). The van der Waals surface area contributed by atoms with Crippen LogP contribution < -0.4 is 5.32 Å². The summed E-state index contributed by atoms with van der Waals surface area (Å²) in [5, 5.41) is 3.54. The van der Waals surface area contributed by atoms with Gasteiger partial charge in [0, 0.05) is 11.4 Å². The zero-order valence-electron chi connectivity index (χ0n) is 20.1. The molecule has 0 aliphatic rings. The van der Waals surface area contributed by atoms with Gasteiger partial charge in [-0.1, -0.05) is 79.7 Å². The summed E-state index contributed by atoms with van der Waals surface area (Å²) in [6.07, 6.45) is 4.75. The minimum Gasteiger partial charge on any atom is -0.356 e. The first-order valence-corrected chi connectivity index (χ1v) is 11.4. The third-order valence-electron chi connectivity index (χ3n) is 7.44. The van der Waals surface area contributed by atoms with Gasteiger partial charge in [-0.2, -0.15) is 0 Å². The highest BCUT2D eigenvalue weighted by Gasteiger charge is 2.22. The highest BCUT2D eigenvalue weighted by atomic mass is 14.9. The fourth-order valence-corrected chi connectivity index (χ4v) is 3.19. The smallest absolute Gasteiger partial charge is 0.0384 e. The van der Waals surface area contributed by atoms with E-state index in [0.717, 1.165) is 24.2 Å². The largest absolute Gasteiger partial charge is 0.356 e. The van der Waals surface area contributed by atoms with E-state index in [4.69, 9.17) is 0 Å². The molecule has 0 amide bonds. The number of benzene rings is 2. The molecule has 0 aliphatic carbocycles. The summed E-state index contributed by atoms with van der Waals surface area (Å²) in [4.78, 5) is 0. The van der Waals surface area contributed by atoms with Crippen LogP contribution in [-0.4, -0.2) is 0 Å². The monoisotopic (exact) mass is 393 g/mol. The van der Waals surface area contributed by atoms with Gasteiger partial charge in [-0.05, 0) is 83.7 Å². The molecule has 2 aromatic carbocycles. The van der Waals surface area contributed by atoms with E-state index in [1.165, 1.54) is 24.0 Å². The summed E-state index contributed by atoms with van der Waals surface area (Å²) < 4.78 is 0. The van der Waals surface area contributed by atoms with Crippen LogP contribution in [0.2, 0.25) is 0 Å². The Labute approximate surface area is 180 Å². The lowest BCUT2D eigenvalue weighted by Crippen LogP contribution is -2.19. The molecule has 160 valence electrons. The van der Waals surface area contributed by atoms with Crippen molar-refractivity contribution in [3.63, 3.8) is 0 Å². The second kappa shape index (κ2) is 9.83. The number of hydrogen-bond acceptors (Lipinski definition) is 1. The van der Waals surface area contributed by atoms with Crippen molar-refractivity contribution in [1.82, 2.24) is 0 Å². The lowest BCUT2D eigenvalue weighted by atomic mass is 9.77. The van der Waals surface area contributed by atoms with Crippen molar-refractivity contribution >= 4 is 11.4 Å². The Balaban J connectivity index is 1.88. The van der Waals surface area contributed by atoms with E-state index in [2.05, 4.69) is 109 Å². The van der Waals surface area contributed by atoms with Gasteiger partial charge >= 0.3 is 0 Å². The molecule has 1 nitrogen and oxygen atoms in total. The summed E-state index contributed by atoms with van der Waals surface area (Å²) in [6, 6.07) is 17.9. The van der Waals surface area contributed by atoms with Crippen LogP contribution in [0.15, 0.2) is 48.5 Å². The minimum atomic E-state index is 0.392. The first kappa shape index (κ1) is 23.5. The normalized spacial score (nSPS) is 12.6. The molecule has 0 saturated carbocycles. The van der Waals surface area contributed by atoms with Crippen molar-refractivity contribution in [2.75, 3.05) is 5.32 Å². The Kier molecular flexibility index (Phi) is 7.97. The second-order valence-electron chi connectivity index (χ2n) is 10.8. The highest BCUT2D eigenvalue weighted by Crippen LogP contribution is 2.32. The van der Waals surface area contributed by atoms with Crippen molar-refractivity contribution in [2.45, 2.75) is 81.1 Å². The predicted molar refractivity (Wildman–Crippen MR) is 130 cm³/mol. The third-order valence-corrected chi connectivity index (χ3v) is 7.44. The van der Waals surface area contributed by atoms with Crippen molar-refractivity contribution in [2.24, 2.45) is 22.7 Å². The fourth-order valence-electron chi connectivity index (χ4n) is 3.19. The molecule has 0 saturated heterocycles. The van der Waals surface area contributed by atoms with Crippen molar-refractivity contribution in [3.05, 3.63) is 59.7 Å². The van der Waals surface area contributed by atoms with Gasteiger partial charge < -0.3 is 5.32 Å². The summed E-state index contributed by atoms with van der Waals surface area (Å²) in [5.74, 6) is 1.42. The Hall–Kier alpha value is -1.76. The summed E-state index contributed by atoms with van der Waals surface area (Å²) >= 11 is 0. The Bertz CT molecular complexity index is 667. The van der Waals surface area contributed by atoms with Crippen LogP contribution in [0.5, 0.6) is 0 Å². The van der Waals surface area contributed by atoms with E-state index in [1.807, 2.05) is 0 Å². The SMILES string of the molecule is CC(C)C(C)(C)CCc1ccc(Nc2ccc(CCC(C)(C)C(C)C)cc2)cc1. The molecule has 1 N–H and O–H groups in total. The van der Waals surface area contributed by atoms with Crippen LogP contribution in [0.1, 0.15) is 79.4 Å². The average molecular weight is 394 g/mol. The van der Waals surface area contributed by atoms with Gasteiger partial charge in [0.05, 0.1) is 0 Å². The molecule has 0 atom stereocenters. The molecule has 0 aromatic heterocycles. The number of anilines is 2. The molecule has 1 heteroatoms. The van der Waals surface area contributed by atoms with Gasteiger partial charge in [-0.25, -0.2) is 0 Å². The molecular formula is C28H43N. The lowest BCUT2D eigenvalue weighted by molar-refractivity contribution is 0.229. The van der Waals surface area contributed by atoms with Gasteiger partial charge in [0.1, 0.15) is 0 Å².